The predicted molar refractivity (Wildman–Crippen MR) is 65.7 cm³/mol. The maximum absolute atomic E-state index is 11.5. The van der Waals surface area contributed by atoms with E-state index in [0.717, 1.165) is 25.3 Å². The molecule has 0 aliphatic carbocycles. The van der Waals surface area contributed by atoms with Gasteiger partial charge in [0.05, 0.1) is 0 Å². The van der Waals surface area contributed by atoms with Crippen LogP contribution in [-0.4, -0.2) is 22.6 Å². The summed E-state index contributed by atoms with van der Waals surface area (Å²) in [6.07, 6.45) is 4.32. The molecular formula is C13H22O4. The number of carbonyl (C=O) groups is 2. The summed E-state index contributed by atoms with van der Waals surface area (Å²) in [5.74, 6) is -1.31. The van der Waals surface area contributed by atoms with E-state index in [9.17, 15) is 9.59 Å². The van der Waals surface area contributed by atoms with Crippen molar-refractivity contribution in [3.8, 4) is 0 Å². The summed E-state index contributed by atoms with van der Waals surface area (Å²) in [6.45, 7) is 7.10. The topological polar surface area (TPSA) is 63.6 Å². The summed E-state index contributed by atoms with van der Waals surface area (Å²) in [6, 6.07) is 0. The van der Waals surface area contributed by atoms with Crippen LogP contribution in [0.3, 0.4) is 0 Å². The molecule has 0 spiro atoms. The lowest BCUT2D eigenvalue weighted by Gasteiger charge is -2.26. The molecular weight excluding hydrogens is 220 g/mol. The number of hydrogen-bond acceptors (Lipinski definition) is 3. The van der Waals surface area contributed by atoms with Crippen molar-refractivity contribution in [2.45, 2.75) is 59.0 Å². The van der Waals surface area contributed by atoms with Crippen LogP contribution >= 0.6 is 0 Å². The molecule has 0 aliphatic rings. The first-order valence-corrected chi connectivity index (χ1v) is 5.93. The Morgan fingerprint density at radius 1 is 1.29 bits per heavy atom. The average Bonchev–Trinajstić information content (AvgIpc) is 2.16. The molecule has 0 saturated heterocycles. The molecule has 0 aromatic heterocycles. The molecule has 0 aromatic rings. The van der Waals surface area contributed by atoms with Crippen LogP contribution in [0.5, 0.6) is 0 Å². The zero-order chi connectivity index (χ0) is 13.5. The van der Waals surface area contributed by atoms with E-state index in [0.29, 0.717) is 12.0 Å². The van der Waals surface area contributed by atoms with Crippen LogP contribution in [0.25, 0.3) is 0 Å². The van der Waals surface area contributed by atoms with Gasteiger partial charge in [-0.3, -0.25) is 4.79 Å². The molecule has 0 aliphatic heterocycles. The number of unbranched alkanes of at least 4 members (excludes halogenated alkanes) is 2. The van der Waals surface area contributed by atoms with Crippen molar-refractivity contribution < 1.29 is 19.4 Å². The molecule has 0 radical (unpaired) electrons. The summed E-state index contributed by atoms with van der Waals surface area (Å²) in [5.41, 5.74) is -0.337. The number of carboxylic acids is 1. The molecule has 98 valence electrons. The summed E-state index contributed by atoms with van der Waals surface area (Å²) in [5, 5.41) is 8.64. The maximum atomic E-state index is 11.5. The van der Waals surface area contributed by atoms with Crippen molar-refractivity contribution in [2.75, 3.05) is 0 Å². The van der Waals surface area contributed by atoms with Crippen LogP contribution in [0.2, 0.25) is 0 Å². The van der Waals surface area contributed by atoms with Gasteiger partial charge in [0.1, 0.15) is 5.60 Å². The number of rotatable bonds is 7. The van der Waals surface area contributed by atoms with Gasteiger partial charge >= 0.3 is 11.9 Å². The van der Waals surface area contributed by atoms with Gasteiger partial charge in [0.15, 0.2) is 0 Å². The largest absolute Gasteiger partial charge is 0.478 e. The Hall–Kier alpha value is -1.32. The second kappa shape index (κ2) is 7.09. The Labute approximate surface area is 103 Å². The Kier molecular flexibility index (Phi) is 6.54. The Morgan fingerprint density at radius 3 is 2.35 bits per heavy atom. The first-order chi connectivity index (χ1) is 7.79. The van der Waals surface area contributed by atoms with Crippen molar-refractivity contribution in [1.29, 1.82) is 0 Å². The van der Waals surface area contributed by atoms with Gasteiger partial charge in [0.25, 0.3) is 0 Å². The van der Waals surface area contributed by atoms with E-state index in [4.69, 9.17) is 9.84 Å². The van der Waals surface area contributed by atoms with Crippen molar-refractivity contribution >= 4 is 11.9 Å². The van der Waals surface area contributed by atoms with Crippen LogP contribution in [0, 0.1) is 0 Å². The molecule has 0 heterocycles. The van der Waals surface area contributed by atoms with E-state index in [2.05, 4.69) is 6.92 Å². The third-order valence-corrected chi connectivity index (χ3v) is 2.64. The Morgan fingerprint density at radius 2 is 1.88 bits per heavy atom. The molecule has 4 nitrogen and oxygen atoms in total. The van der Waals surface area contributed by atoms with Crippen molar-refractivity contribution in [3.05, 3.63) is 11.6 Å². The van der Waals surface area contributed by atoms with E-state index in [1.807, 2.05) is 0 Å². The standard InChI is InChI=1S/C13H22O4/c1-5-6-7-8-12(16)17-13(3,4)10(2)9-11(14)15/h9H,5-8H2,1-4H3,(H,14,15). The zero-order valence-electron chi connectivity index (χ0n) is 11.1. The third kappa shape index (κ3) is 6.76. The summed E-state index contributed by atoms with van der Waals surface area (Å²) < 4.78 is 5.28. The molecule has 4 heteroatoms. The lowest BCUT2D eigenvalue weighted by atomic mass is 9.99. The molecule has 0 unspecified atom stereocenters. The minimum atomic E-state index is -1.03. The molecule has 1 N–H and O–H groups in total. The molecule has 17 heavy (non-hydrogen) atoms. The van der Waals surface area contributed by atoms with Gasteiger partial charge in [0.2, 0.25) is 0 Å². The Bertz CT molecular complexity index is 303. The second-order valence-electron chi connectivity index (χ2n) is 4.61. The van der Waals surface area contributed by atoms with Crippen LogP contribution in [0.15, 0.2) is 11.6 Å². The van der Waals surface area contributed by atoms with Crippen molar-refractivity contribution in [1.82, 2.24) is 0 Å². The van der Waals surface area contributed by atoms with Gasteiger partial charge in [-0.15, -0.1) is 0 Å². The second-order valence-corrected chi connectivity index (χ2v) is 4.61. The number of carbonyl (C=O) groups excluding carboxylic acids is 1. The highest BCUT2D eigenvalue weighted by Crippen LogP contribution is 2.21. The minimum Gasteiger partial charge on any atom is -0.478 e. The summed E-state index contributed by atoms with van der Waals surface area (Å²) in [4.78, 5) is 22.1. The van der Waals surface area contributed by atoms with E-state index in [-0.39, 0.29) is 5.97 Å². The van der Waals surface area contributed by atoms with Gasteiger partial charge in [0, 0.05) is 12.5 Å². The quantitative estimate of drug-likeness (QED) is 0.423. The molecule has 0 amide bonds. The van der Waals surface area contributed by atoms with Crippen LogP contribution in [0.1, 0.15) is 53.4 Å². The fourth-order valence-electron chi connectivity index (χ4n) is 1.29. The molecule has 0 rings (SSSR count). The van der Waals surface area contributed by atoms with Gasteiger partial charge in [-0.1, -0.05) is 19.8 Å². The van der Waals surface area contributed by atoms with E-state index in [1.165, 1.54) is 0 Å². The van der Waals surface area contributed by atoms with Crippen molar-refractivity contribution in [2.24, 2.45) is 0 Å². The van der Waals surface area contributed by atoms with Crippen molar-refractivity contribution in [3.63, 3.8) is 0 Å². The Balaban J connectivity index is 4.33. The lowest BCUT2D eigenvalue weighted by molar-refractivity contribution is -0.153. The molecule has 0 saturated carbocycles. The monoisotopic (exact) mass is 242 g/mol. The van der Waals surface area contributed by atoms with E-state index < -0.39 is 11.6 Å². The normalized spacial score (nSPS) is 12.4. The first-order valence-electron chi connectivity index (χ1n) is 5.93. The fraction of sp³-hybridized carbons (Fsp3) is 0.692. The highest BCUT2D eigenvalue weighted by atomic mass is 16.6. The van der Waals surface area contributed by atoms with Crippen LogP contribution < -0.4 is 0 Å². The smallest absolute Gasteiger partial charge is 0.328 e. The van der Waals surface area contributed by atoms with Crippen LogP contribution in [-0.2, 0) is 14.3 Å². The SMILES string of the molecule is CCCCCC(=O)OC(C)(C)C(C)=CC(=O)O. The van der Waals surface area contributed by atoms with E-state index in [1.54, 1.807) is 20.8 Å². The number of esters is 1. The highest BCUT2D eigenvalue weighted by Gasteiger charge is 2.25. The molecule has 0 fully saturated rings. The predicted octanol–water partition coefficient (Wildman–Crippen LogP) is 2.92. The molecule has 0 atom stereocenters. The minimum absolute atomic E-state index is 0.276. The number of carboxylic acid groups (broad SMARTS) is 1. The van der Waals surface area contributed by atoms with Gasteiger partial charge in [-0.25, -0.2) is 4.79 Å². The average molecular weight is 242 g/mol. The molecule has 0 bridgehead atoms. The zero-order valence-corrected chi connectivity index (χ0v) is 11.1. The lowest BCUT2D eigenvalue weighted by Crippen LogP contribution is -2.29. The van der Waals surface area contributed by atoms with Gasteiger partial charge < -0.3 is 9.84 Å². The fourth-order valence-corrected chi connectivity index (χ4v) is 1.29. The van der Waals surface area contributed by atoms with Gasteiger partial charge in [-0.2, -0.15) is 0 Å². The molecule has 0 aromatic carbocycles. The summed E-state index contributed by atoms with van der Waals surface area (Å²) >= 11 is 0. The number of ether oxygens (including phenoxy) is 1. The van der Waals surface area contributed by atoms with E-state index >= 15 is 0 Å². The van der Waals surface area contributed by atoms with Crippen LogP contribution in [0.4, 0.5) is 0 Å². The maximum Gasteiger partial charge on any atom is 0.328 e. The highest BCUT2D eigenvalue weighted by molar-refractivity contribution is 5.81. The first kappa shape index (κ1) is 15.7. The number of hydrogen-bond donors (Lipinski definition) is 1. The van der Waals surface area contributed by atoms with Gasteiger partial charge in [-0.05, 0) is 32.8 Å². The number of aliphatic carboxylic acids is 1. The summed E-state index contributed by atoms with van der Waals surface area (Å²) in [7, 11) is 0. The third-order valence-electron chi connectivity index (χ3n) is 2.64.